The Hall–Kier alpha value is -12.4. The molecule has 0 atom stereocenters. The van der Waals surface area contributed by atoms with Crippen molar-refractivity contribution in [2.75, 3.05) is 28.3 Å². The van der Waals surface area contributed by atoms with Crippen molar-refractivity contribution in [3.63, 3.8) is 0 Å². The fraction of sp³-hybridized carbons (Fsp3) is 0.212. The third-order valence-corrected chi connectivity index (χ3v) is 18.1. The third kappa shape index (κ3) is 21.7. The van der Waals surface area contributed by atoms with Gasteiger partial charge >= 0.3 is 18.5 Å². The van der Waals surface area contributed by atoms with Crippen LogP contribution in [0.5, 0.6) is 0 Å². The molecule has 0 unspecified atom stereocenters. The van der Waals surface area contributed by atoms with Gasteiger partial charge in [-0.1, -0.05) is 88.9 Å². The minimum Gasteiger partial charge on any atom is -0.357 e. The van der Waals surface area contributed by atoms with E-state index in [1.807, 2.05) is 52.8 Å². The van der Waals surface area contributed by atoms with E-state index in [-0.39, 0.29) is 21.8 Å². The molecule has 3 aromatic carbocycles. The van der Waals surface area contributed by atoms with E-state index in [1.54, 1.807) is 80.2 Å². The van der Waals surface area contributed by atoms with Crippen molar-refractivity contribution in [2.45, 2.75) is 105 Å². The summed E-state index contributed by atoms with van der Waals surface area (Å²) in [6.45, 7) is 22.4. The molecule has 0 aliphatic heterocycles. The number of aryl methyl sites for hydroxylation is 5. The van der Waals surface area contributed by atoms with Crippen molar-refractivity contribution in [3.8, 4) is 69.2 Å². The lowest BCUT2D eigenvalue weighted by Crippen LogP contribution is -2.16. The van der Waals surface area contributed by atoms with E-state index in [0.29, 0.717) is 121 Å². The van der Waals surface area contributed by atoms with Gasteiger partial charge in [-0.15, -0.1) is 23.9 Å². The Morgan fingerprint density at radius 3 is 1.14 bits per heavy atom. The molecule has 9 heterocycles. The summed E-state index contributed by atoms with van der Waals surface area (Å²) >= 11 is 6.43. The van der Waals surface area contributed by atoms with Crippen molar-refractivity contribution in [1.29, 1.82) is 0 Å². The Labute approximate surface area is 639 Å². The van der Waals surface area contributed by atoms with Crippen molar-refractivity contribution >= 4 is 102 Å². The number of carbonyl (C=O) groups is 3. The van der Waals surface area contributed by atoms with Gasteiger partial charge in [0.1, 0.15) is 61.4 Å². The van der Waals surface area contributed by atoms with E-state index in [4.69, 9.17) is 29.4 Å². The molecule has 566 valence electrons. The lowest BCUT2D eigenvalue weighted by Gasteiger charge is -2.14. The average molecular weight is 1570 g/mol. The Bertz CT molecular complexity index is 5730. The zero-order valence-electron chi connectivity index (χ0n) is 61.8. The number of fused-ring (bicyclic) bond motifs is 3. The average Bonchev–Trinajstić information content (AvgIpc) is 0.787. The summed E-state index contributed by atoms with van der Waals surface area (Å²) in [7, 11) is -1.14. The van der Waals surface area contributed by atoms with Crippen LogP contribution in [-0.4, -0.2) is 101 Å². The number of alkyl halides is 9. The maximum absolute atomic E-state index is 13.1. The van der Waals surface area contributed by atoms with Gasteiger partial charge in [0, 0.05) is 124 Å². The number of carbonyl (C=O) groups excluding carboxylic acids is 3. The van der Waals surface area contributed by atoms with Crippen molar-refractivity contribution in [1.82, 2.24) is 59.8 Å². The second-order valence-electron chi connectivity index (χ2n) is 26.8. The monoisotopic (exact) mass is 1560 g/mol. The van der Waals surface area contributed by atoms with Gasteiger partial charge in [-0.3, -0.25) is 29.3 Å². The molecular formula is C80H70ClF9N16O3Si2. The number of rotatable bonds is 12. The normalized spacial score (nSPS) is 11.4. The van der Waals surface area contributed by atoms with Crippen LogP contribution in [0.3, 0.4) is 0 Å². The summed E-state index contributed by atoms with van der Waals surface area (Å²) in [6, 6.07) is 26.9. The number of benzene rings is 3. The topological polar surface area (TPSA) is 254 Å². The molecule has 3 amide bonds. The van der Waals surface area contributed by atoms with E-state index >= 15 is 0 Å². The number of nitrogens with zero attached hydrogens (tertiary/aromatic N) is 12. The number of amides is 3. The molecule has 4 N–H and O–H groups in total. The maximum atomic E-state index is 13.1. The summed E-state index contributed by atoms with van der Waals surface area (Å²) in [5, 5.41) is 13.1. The summed E-state index contributed by atoms with van der Waals surface area (Å²) in [5.41, 5.74) is 12.6. The second kappa shape index (κ2) is 34.4. The molecule has 0 saturated carbocycles. The second-order valence-corrected chi connectivity index (χ2v) is 36.7. The first-order valence-corrected chi connectivity index (χ1v) is 41.3. The summed E-state index contributed by atoms with van der Waals surface area (Å²) in [4.78, 5) is 87.6. The molecule has 0 spiro atoms. The fourth-order valence-electron chi connectivity index (χ4n) is 10.2. The lowest BCUT2D eigenvalue weighted by atomic mass is 9.97. The summed E-state index contributed by atoms with van der Waals surface area (Å²) in [5.74, 6) is 5.51. The minimum absolute atomic E-state index is 0.146. The highest BCUT2D eigenvalue weighted by Crippen LogP contribution is 2.37. The van der Waals surface area contributed by atoms with Crippen LogP contribution in [0.1, 0.15) is 102 Å². The number of terminal acetylenes is 2. The molecule has 31 heteroatoms. The highest BCUT2D eigenvalue weighted by Gasteiger charge is 2.35. The van der Waals surface area contributed by atoms with E-state index in [0.717, 1.165) is 57.9 Å². The highest BCUT2D eigenvalue weighted by molar-refractivity contribution is 6.84. The van der Waals surface area contributed by atoms with Crippen LogP contribution in [0.25, 0.3) is 66.5 Å². The Morgan fingerprint density at radius 2 is 0.793 bits per heavy atom. The zero-order valence-corrected chi connectivity index (χ0v) is 64.6. The van der Waals surface area contributed by atoms with Crippen LogP contribution < -0.4 is 21.3 Å². The summed E-state index contributed by atoms with van der Waals surface area (Å²) in [6.07, 6.45) is 6.12. The Kier molecular flexibility index (Phi) is 25.6. The molecule has 19 nitrogen and oxygen atoms in total. The first-order chi connectivity index (χ1) is 52.2. The number of anilines is 4. The first kappa shape index (κ1) is 82.6. The van der Waals surface area contributed by atoms with Crippen LogP contribution in [-0.2, 0) is 31.4 Å². The molecule has 0 aliphatic carbocycles. The molecule has 0 bridgehead atoms. The van der Waals surface area contributed by atoms with Gasteiger partial charge in [0.2, 0.25) is 5.95 Å². The number of hydrogen-bond acceptors (Lipinski definition) is 16. The quantitative estimate of drug-likeness (QED) is 0.0384. The molecule has 0 fully saturated rings. The van der Waals surface area contributed by atoms with Gasteiger partial charge in [-0.2, -0.15) is 44.5 Å². The Morgan fingerprint density at radius 1 is 0.441 bits per heavy atom. The van der Waals surface area contributed by atoms with Crippen LogP contribution >= 0.6 is 11.6 Å². The number of hydrogen-bond donors (Lipinski definition) is 4. The van der Waals surface area contributed by atoms with Crippen LogP contribution in [0.4, 0.5) is 62.5 Å². The van der Waals surface area contributed by atoms with E-state index < -0.39 is 69.5 Å². The number of pyridine rings is 6. The molecule has 12 aromatic rings. The maximum Gasteiger partial charge on any atom is 0.433 e. The zero-order chi connectivity index (χ0) is 81.1. The number of halogens is 10. The summed E-state index contributed by atoms with van der Waals surface area (Å²) < 4.78 is 117. The molecule has 12 rings (SSSR count). The highest BCUT2D eigenvalue weighted by atomic mass is 35.5. The van der Waals surface area contributed by atoms with E-state index in [2.05, 4.69) is 138 Å². The standard InChI is InChI=1S/C28H26F3N5OSi.C25H18F3N5O.C22H16ClF3N6O.C5H10Si/c1-6-25-33-16-19-13-22(23(35-26(19)36-25)10-12-38(3,4)5)21-15-20(8-7-17(21)2)34-27(37)18-9-11-32-24(14-18)28(29,30)31;1-4-20-19(10-16-13-30-22(5-2)33-23(16)32-20)18-12-17(7-6-14(18)3)31-24(34)15-8-9-29-21(11-15)25(26,27)28;1-11-3-4-14(30-20(33)12-5-6-28-17(8-12)22(24,25)26)9-15(11)16-7-13-10-29-21(27-2)32-19(13)31-18(16)23;1-5-6(2,3)4/h7-9,11,13-16H,6H2,1-5H3,(H,34,37);1,6-13H,5H2,2-3H3,(H,31,34);3-10H,1-2H3,(H,30,33)(H,27,29,31,32);1H,2-4H3. The SMILES string of the molecule is C#C[Si](C)(C)C.C#Cc1nc2nc(CC)ncc2cc1-c1cc(NC(=O)c2ccnc(C(F)(F)F)c2)ccc1C.CCc1ncc2cc(-c3cc(NC(=O)c4ccnc(C(F)(F)F)c4)ccc3C)c(C#C[Si](C)(C)C)nc2n1.CNc1ncc2cc(-c3cc(NC(=O)c4ccnc(C(F)(F)F)c4)ccc3C)c(Cl)nc2n1. The van der Waals surface area contributed by atoms with Gasteiger partial charge in [-0.25, -0.2) is 39.9 Å². The van der Waals surface area contributed by atoms with Gasteiger partial charge in [0.15, 0.2) is 16.9 Å². The van der Waals surface area contributed by atoms with Crippen LogP contribution in [0.2, 0.25) is 44.4 Å². The van der Waals surface area contributed by atoms with Gasteiger partial charge < -0.3 is 21.3 Å². The number of nitrogens with one attached hydrogen (secondary N) is 4. The molecule has 0 radical (unpaired) electrons. The fourth-order valence-corrected chi connectivity index (χ4v) is 10.9. The van der Waals surface area contributed by atoms with E-state index in [9.17, 15) is 53.9 Å². The van der Waals surface area contributed by atoms with Crippen molar-refractivity contribution in [2.24, 2.45) is 0 Å². The molecule has 0 aliphatic rings. The predicted octanol–water partition coefficient (Wildman–Crippen LogP) is 18.5. The van der Waals surface area contributed by atoms with Gasteiger partial charge in [-0.05, 0) is 151 Å². The smallest absolute Gasteiger partial charge is 0.357 e. The molecule has 111 heavy (non-hydrogen) atoms. The molecule has 9 aromatic heterocycles. The number of aromatic nitrogens is 12. The van der Waals surface area contributed by atoms with Gasteiger partial charge in [0.25, 0.3) is 17.7 Å². The van der Waals surface area contributed by atoms with Crippen LogP contribution in [0.15, 0.2) is 146 Å². The van der Waals surface area contributed by atoms with Crippen molar-refractivity contribution < 1.29 is 53.9 Å². The van der Waals surface area contributed by atoms with E-state index in [1.165, 1.54) is 18.2 Å². The Balaban J connectivity index is 0.000000185. The van der Waals surface area contributed by atoms with Crippen LogP contribution in [0, 0.1) is 56.5 Å². The predicted molar refractivity (Wildman–Crippen MR) is 418 cm³/mol. The lowest BCUT2D eigenvalue weighted by molar-refractivity contribution is -0.142. The van der Waals surface area contributed by atoms with Gasteiger partial charge in [0.05, 0.1) is 0 Å². The third-order valence-electron chi connectivity index (χ3n) is 16.0. The molecular weight excluding hydrogens is 1500 g/mol. The minimum atomic E-state index is -4.65. The van der Waals surface area contributed by atoms with Crippen molar-refractivity contribution in [3.05, 3.63) is 225 Å². The molecule has 0 saturated heterocycles. The first-order valence-electron chi connectivity index (χ1n) is 33.9. The largest absolute Gasteiger partial charge is 0.433 e.